The summed E-state index contributed by atoms with van der Waals surface area (Å²) in [6, 6.07) is 3.85. The van der Waals surface area contributed by atoms with E-state index in [1.165, 1.54) is 0 Å². The van der Waals surface area contributed by atoms with Gasteiger partial charge in [0.05, 0.1) is 20.3 Å². The van der Waals surface area contributed by atoms with Gasteiger partial charge < -0.3 is 14.9 Å². The van der Waals surface area contributed by atoms with Crippen LogP contribution in [0.2, 0.25) is 0 Å². The van der Waals surface area contributed by atoms with Crippen LogP contribution >= 0.6 is 28.1 Å². The summed E-state index contributed by atoms with van der Waals surface area (Å²) in [7, 11) is 1.64. The molecule has 0 bridgehead atoms. The van der Waals surface area contributed by atoms with Crippen molar-refractivity contribution in [1.82, 2.24) is 14.9 Å². The van der Waals surface area contributed by atoms with E-state index in [2.05, 4.69) is 45.4 Å². The normalized spacial score (nSPS) is 10.7. The van der Waals surface area contributed by atoms with Crippen molar-refractivity contribution in [2.45, 2.75) is 39.7 Å². The fourth-order valence-corrected chi connectivity index (χ4v) is 2.98. The smallest absolute Gasteiger partial charge is 0.214 e. The van der Waals surface area contributed by atoms with Gasteiger partial charge in [-0.3, -0.25) is 5.10 Å². The van der Waals surface area contributed by atoms with E-state index in [4.69, 9.17) is 21.7 Å². The highest BCUT2D eigenvalue weighted by molar-refractivity contribution is 9.10. The Morgan fingerprint density at radius 3 is 2.79 bits per heavy atom. The van der Waals surface area contributed by atoms with Crippen LogP contribution in [0.25, 0.3) is 0 Å². The third-order valence-electron chi connectivity index (χ3n) is 3.47. The van der Waals surface area contributed by atoms with E-state index in [9.17, 15) is 0 Å². The van der Waals surface area contributed by atoms with Gasteiger partial charge in [-0.1, -0.05) is 29.8 Å². The highest BCUT2D eigenvalue weighted by atomic mass is 79.9. The lowest BCUT2D eigenvalue weighted by molar-refractivity contribution is 0.291. The number of benzene rings is 1. The Hall–Kier alpha value is -1.54. The average Bonchev–Trinajstić information content (AvgIpc) is 2.92. The van der Waals surface area contributed by atoms with Gasteiger partial charge in [-0.25, -0.2) is 4.68 Å². The number of methoxy groups -OCH3 is 1. The number of H-pyrrole nitrogens is 1. The molecule has 1 aromatic carbocycles. The maximum Gasteiger partial charge on any atom is 0.214 e. The minimum Gasteiger partial charge on any atom is -0.493 e. The number of ether oxygens (including phenoxy) is 2. The van der Waals surface area contributed by atoms with Crippen LogP contribution < -0.4 is 14.9 Å². The van der Waals surface area contributed by atoms with E-state index < -0.39 is 0 Å². The van der Waals surface area contributed by atoms with Gasteiger partial charge in [0.2, 0.25) is 4.77 Å². The summed E-state index contributed by atoms with van der Waals surface area (Å²) in [6.45, 7) is 5.34. The maximum absolute atomic E-state index is 5.91. The Labute approximate surface area is 155 Å². The van der Waals surface area contributed by atoms with Crippen LogP contribution in [-0.4, -0.2) is 28.6 Å². The molecule has 6 nitrogen and oxygen atoms in total. The molecular formula is C16H23BrN4O2S. The summed E-state index contributed by atoms with van der Waals surface area (Å²) in [5.41, 5.74) is 4.30. The Kier molecular flexibility index (Phi) is 7.11. The molecular weight excluding hydrogens is 392 g/mol. The van der Waals surface area contributed by atoms with Crippen LogP contribution in [0, 0.1) is 4.77 Å². The Bertz CT molecular complexity index is 729. The third kappa shape index (κ3) is 4.30. The van der Waals surface area contributed by atoms with Crippen LogP contribution in [0.5, 0.6) is 11.5 Å². The van der Waals surface area contributed by atoms with Crippen LogP contribution in [0.1, 0.15) is 38.1 Å². The van der Waals surface area contributed by atoms with Gasteiger partial charge in [-0.15, -0.1) is 0 Å². The number of hydrogen-bond donors (Lipinski definition) is 2. The first-order valence-electron chi connectivity index (χ1n) is 8.00. The van der Waals surface area contributed by atoms with Crippen molar-refractivity contribution in [3.05, 3.63) is 32.8 Å². The minimum absolute atomic E-state index is 0.529. The zero-order chi connectivity index (χ0) is 17.5. The molecule has 2 N–H and O–H groups in total. The summed E-state index contributed by atoms with van der Waals surface area (Å²) in [5.74, 6) is 2.35. The van der Waals surface area contributed by atoms with Gasteiger partial charge >= 0.3 is 0 Å². The molecule has 0 atom stereocenters. The number of aromatic nitrogens is 3. The van der Waals surface area contributed by atoms with Crippen LogP contribution in [-0.2, 0) is 13.0 Å². The van der Waals surface area contributed by atoms with E-state index >= 15 is 0 Å². The predicted octanol–water partition coefficient (Wildman–Crippen LogP) is 4.20. The van der Waals surface area contributed by atoms with Gasteiger partial charge in [0.25, 0.3) is 0 Å². The molecule has 0 amide bonds. The van der Waals surface area contributed by atoms with Crippen molar-refractivity contribution in [3.8, 4) is 11.5 Å². The zero-order valence-corrected chi connectivity index (χ0v) is 16.6. The van der Waals surface area contributed by atoms with Crippen LogP contribution in [0.15, 0.2) is 16.6 Å². The number of rotatable bonds is 9. The molecule has 0 aliphatic carbocycles. The summed E-state index contributed by atoms with van der Waals surface area (Å²) in [6.07, 6.45) is 2.77. The average molecular weight is 415 g/mol. The summed E-state index contributed by atoms with van der Waals surface area (Å²) in [5, 5.41) is 7.09. The number of halogens is 1. The lowest BCUT2D eigenvalue weighted by atomic mass is 10.2. The molecule has 0 radical (unpaired) electrons. The standard InChI is InChI=1S/C16H23BrN4O2S/c1-4-6-14-19-20-16(24)21(14)18-10-11-12(17)7-8-13(22-3)15(11)23-9-5-2/h7-8,18H,4-6,9-10H2,1-3H3,(H,20,24). The number of aryl methyl sites for hydroxylation is 1. The SMILES string of the molecule is CCCOc1c(OC)ccc(Br)c1CNn1c(CCC)n[nH]c1=S. The molecule has 0 aliphatic heterocycles. The summed E-state index contributed by atoms with van der Waals surface area (Å²) >= 11 is 8.90. The summed E-state index contributed by atoms with van der Waals surface area (Å²) in [4.78, 5) is 0. The molecule has 0 unspecified atom stereocenters. The van der Waals surface area contributed by atoms with Gasteiger partial charge in [-0.2, -0.15) is 5.10 Å². The monoisotopic (exact) mass is 414 g/mol. The molecule has 24 heavy (non-hydrogen) atoms. The molecule has 2 aromatic rings. The second kappa shape index (κ2) is 9.08. The molecule has 1 aromatic heterocycles. The molecule has 1 heterocycles. The van der Waals surface area contributed by atoms with Crippen molar-refractivity contribution in [1.29, 1.82) is 0 Å². The number of nitrogens with one attached hydrogen (secondary N) is 2. The fourth-order valence-electron chi connectivity index (χ4n) is 2.31. The molecule has 0 aliphatic rings. The molecule has 0 fully saturated rings. The van der Waals surface area contributed by atoms with Gasteiger partial charge in [0.15, 0.2) is 17.3 Å². The van der Waals surface area contributed by atoms with Gasteiger partial charge in [0, 0.05) is 16.5 Å². The second-order valence-electron chi connectivity index (χ2n) is 5.27. The Morgan fingerprint density at radius 1 is 1.33 bits per heavy atom. The number of hydrogen-bond acceptors (Lipinski definition) is 5. The first-order valence-corrected chi connectivity index (χ1v) is 9.20. The number of nitrogens with zero attached hydrogens (tertiary/aromatic N) is 2. The van der Waals surface area contributed by atoms with E-state index in [0.717, 1.165) is 40.9 Å². The molecule has 8 heteroatoms. The maximum atomic E-state index is 5.91. The van der Waals surface area contributed by atoms with Gasteiger partial charge in [-0.05, 0) is 37.2 Å². The Balaban J connectivity index is 2.29. The zero-order valence-electron chi connectivity index (χ0n) is 14.2. The van der Waals surface area contributed by atoms with E-state index in [1.807, 2.05) is 16.8 Å². The lowest BCUT2D eigenvalue weighted by Gasteiger charge is -2.18. The van der Waals surface area contributed by atoms with Crippen molar-refractivity contribution < 1.29 is 9.47 Å². The van der Waals surface area contributed by atoms with Crippen molar-refractivity contribution >= 4 is 28.1 Å². The van der Waals surface area contributed by atoms with Crippen molar-refractivity contribution in [2.75, 3.05) is 19.1 Å². The lowest BCUT2D eigenvalue weighted by Crippen LogP contribution is -2.18. The molecule has 0 spiro atoms. The van der Waals surface area contributed by atoms with E-state index in [1.54, 1.807) is 7.11 Å². The first-order chi connectivity index (χ1) is 11.6. The minimum atomic E-state index is 0.529. The molecule has 2 rings (SSSR count). The second-order valence-corrected chi connectivity index (χ2v) is 6.51. The Morgan fingerprint density at radius 2 is 2.12 bits per heavy atom. The molecule has 0 saturated carbocycles. The largest absolute Gasteiger partial charge is 0.493 e. The van der Waals surface area contributed by atoms with Crippen molar-refractivity contribution in [3.63, 3.8) is 0 Å². The third-order valence-corrected chi connectivity index (χ3v) is 4.48. The van der Waals surface area contributed by atoms with Crippen molar-refractivity contribution in [2.24, 2.45) is 0 Å². The highest BCUT2D eigenvalue weighted by Gasteiger charge is 2.15. The fraction of sp³-hybridized carbons (Fsp3) is 0.500. The van der Waals surface area contributed by atoms with E-state index in [0.29, 0.717) is 23.7 Å². The number of aromatic amines is 1. The van der Waals surface area contributed by atoms with Crippen LogP contribution in [0.3, 0.4) is 0 Å². The quantitative estimate of drug-likeness (QED) is 0.601. The molecule has 132 valence electrons. The topological polar surface area (TPSA) is 64.1 Å². The van der Waals surface area contributed by atoms with Gasteiger partial charge in [0.1, 0.15) is 0 Å². The van der Waals surface area contributed by atoms with E-state index in [-0.39, 0.29) is 0 Å². The van der Waals surface area contributed by atoms with Crippen LogP contribution in [0.4, 0.5) is 0 Å². The first kappa shape index (κ1) is 18.8. The highest BCUT2D eigenvalue weighted by Crippen LogP contribution is 2.36. The predicted molar refractivity (Wildman–Crippen MR) is 101 cm³/mol. The summed E-state index contributed by atoms with van der Waals surface area (Å²) < 4.78 is 14.7. The molecule has 0 saturated heterocycles.